The minimum absolute atomic E-state index is 0.164. The molecule has 0 fully saturated rings. The summed E-state index contributed by atoms with van der Waals surface area (Å²) in [5.74, 6) is 0.183. The molecule has 0 spiro atoms. The molecular formula is C17H28O2. The van der Waals surface area contributed by atoms with Crippen molar-refractivity contribution in [3.63, 3.8) is 0 Å². The highest BCUT2D eigenvalue weighted by molar-refractivity contribution is 5.87. The molecule has 0 aromatic heterocycles. The van der Waals surface area contributed by atoms with Crippen LogP contribution in [0.2, 0.25) is 0 Å². The maximum atomic E-state index is 11.9. The Labute approximate surface area is 117 Å². The first-order chi connectivity index (χ1) is 8.88. The fourth-order valence-corrected chi connectivity index (χ4v) is 2.67. The minimum atomic E-state index is -0.164. The van der Waals surface area contributed by atoms with Gasteiger partial charge < -0.3 is 4.74 Å². The second-order valence-electron chi connectivity index (χ2n) is 6.29. The zero-order valence-electron chi connectivity index (χ0n) is 13.1. The smallest absolute Gasteiger partial charge is 0.333 e. The topological polar surface area (TPSA) is 26.3 Å². The Morgan fingerprint density at radius 2 is 2.21 bits per heavy atom. The molecule has 0 radical (unpaired) electrons. The molecule has 0 bridgehead atoms. The van der Waals surface area contributed by atoms with Crippen LogP contribution in [0.15, 0.2) is 23.3 Å². The average Bonchev–Trinajstić information content (AvgIpc) is 2.33. The lowest BCUT2D eigenvalue weighted by Crippen LogP contribution is -2.27. The normalized spacial score (nSPS) is 22.9. The van der Waals surface area contributed by atoms with Gasteiger partial charge in [-0.05, 0) is 38.5 Å². The number of ether oxygens (including phenoxy) is 1. The predicted octanol–water partition coefficient (Wildman–Crippen LogP) is 4.66. The van der Waals surface area contributed by atoms with E-state index in [2.05, 4.69) is 39.8 Å². The molecule has 0 saturated carbocycles. The molecular weight excluding hydrogens is 236 g/mol. The summed E-state index contributed by atoms with van der Waals surface area (Å²) in [4.78, 5) is 11.9. The molecule has 0 aliphatic heterocycles. The van der Waals surface area contributed by atoms with E-state index < -0.39 is 0 Å². The van der Waals surface area contributed by atoms with Crippen molar-refractivity contribution in [2.24, 2.45) is 11.3 Å². The van der Waals surface area contributed by atoms with Crippen LogP contribution in [0.5, 0.6) is 0 Å². The number of rotatable bonds is 5. The fraction of sp³-hybridized carbons (Fsp3) is 0.706. The minimum Gasteiger partial charge on any atom is -0.462 e. The number of hydrogen-bond acceptors (Lipinski definition) is 2. The van der Waals surface area contributed by atoms with E-state index in [1.54, 1.807) is 0 Å². The number of carbonyl (C=O) groups is 1. The molecule has 0 aromatic rings. The highest BCUT2D eigenvalue weighted by Crippen LogP contribution is 2.42. The van der Waals surface area contributed by atoms with Gasteiger partial charge in [0.2, 0.25) is 0 Å². The van der Waals surface area contributed by atoms with Gasteiger partial charge in [0, 0.05) is 11.5 Å². The molecule has 0 amide bonds. The van der Waals surface area contributed by atoms with Gasteiger partial charge in [0.15, 0.2) is 0 Å². The summed E-state index contributed by atoms with van der Waals surface area (Å²) in [5, 5.41) is 0. The van der Waals surface area contributed by atoms with Gasteiger partial charge in [-0.1, -0.05) is 44.9 Å². The molecule has 1 unspecified atom stereocenters. The maximum absolute atomic E-state index is 11.9. The van der Waals surface area contributed by atoms with Crippen LogP contribution in [0, 0.1) is 11.3 Å². The van der Waals surface area contributed by atoms with E-state index in [4.69, 9.17) is 4.74 Å². The van der Waals surface area contributed by atoms with Gasteiger partial charge in [-0.2, -0.15) is 0 Å². The first kappa shape index (κ1) is 16.0. The van der Waals surface area contributed by atoms with E-state index in [0.29, 0.717) is 12.5 Å². The third kappa shape index (κ3) is 4.52. The van der Waals surface area contributed by atoms with Gasteiger partial charge in [0.05, 0.1) is 6.61 Å². The van der Waals surface area contributed by atoms with Crippen molar-refractivity contribution in [1.29, 1.82) is 0 Å². The van der Waals surface area contributed by atoms with Crippen LogP contribution in [0.1, 0.15) is 60.3 Å². The number of esters is 1. The van der Waals surface area contributed by atoms with Gasteiger partial charge >= 0.3 is 5.97 Å². The second-order valence-corrected chi connectivity index (χ2v) is 6.29. The maximum Gasteiger partial charge on any atom is 0.333 e. The largest absolute Gasteiger partial charge is 0.462 e. The molecule has 19 heavy (non-hydrogen) atoms. The zero-order valence-corrected chi connectivity index (χ0v) is 13.1. The number of unbranched alkanes of at least 4 members (excludes halogenated alkanes) is 1. The van der Waals surface area contributed by atoms with Crippen molar-refractivity contribution in [1.82, 2.24) is 0 Å². The molecule has 2 heteroatoms. The summed E-state index contributed by atoms with van der Waals surface area (Å²) in [7, 11) is 0. The van der Waals surface area contributed by atoms with Crippen molar-refractivity contribution in [2.75, 3.05) is 6.61 Å². The van der Waals surface area contributed by atoms with Crippen molar-refractivity contribution in [3.8, 4) is 0 Å². The van der Waals surface area contributed by atoms with E-state index in [0.717, 1.165) is 24.8 Å². The van der Waals surface area contributed by atoms with Crippen molar-refractivity contribution in [3.05, 3.63) is 23.3 Å². The molecule has 0 N–H and O–H groups in total. The van der Waals surface area contributed by atoms with E-state index in [-0.39, 0.29) is 11.4 Å². The van der Waals surface area contributed by atoms with Crippen LogP contribution < -0.4 is 0 Å². The standard InChI is InChI=1S/C17H28O2/c1-6-7-11-19-16(18)14(3)12-15-13(2)9-8-10-17(15,4)5/h9,12,15H,6-8,10-11H2,1-5H3. The first-order valence-electron chi connectivity index (χ1n) is 7.40. The Hall–Kier alpha value is -1.05. The Morgan fingerprint density at radius 1 is 1.53 bits per heavy atom. The molecule has 0 saturated heterocycles. The van der Waals surface area contributed by atoms with Crippen LogP contribution >= 0.6 is 0 Å². The Morgan fingerprint density at radius 3 is 2.79 bits per heavy atom. The number of hydrogen-bond donors (Lipinski definition) is 0. The summed E-state index contributed by atoms with van der Waals surface area (Å²) < 4.78 is 5.26. The molecule has 2 nitrogen and oxygen atoms in total. The van der Waals surface area contributed by atoms with Crippen molar-refractivity contribution >= 4 is 5.97 Å². The van der Waals surface area contributed by atoms with Gasteiger partial charge in [0.25, 0.3) is 0 Å². The van der Waals surface area contributed by atoms with E-state index in [9.17, 15) is 4.79 Å². The molecule has 0 aromatic carbocycles. The number of allylic oxidation sites excluding steroid dienone is 3. The van der Waals surface area contributed by atoms with Gasteiger partial charge in [0.1, 0.15) is 0 Å². The summed E-state index contributed by atoms with van der Waals surface area (Å²) in [5.41, 5.74) is 2.34. The highest BCUT2D eigenvalue weighted by atomic mass is 16.5. The van der Waals surface area contributed by atoms with Crippen molar-refractivity contribution < 1.29 is 9.53 Å². The van der Waals surface area contributed by atoms with Crippen molar-refractivity contribution in [2.45, 2.75) is 60.3 Å². The lowest BCUT2D eigenvalue weighted by atomic mass is 9.68. The fourth-order valence-electron chi connectivity index (χ4n) is 2.67. The van der Waals surface area contributed by atoms with Crippen LogP contribution in [0.4, 0.5) is 0 Å². The summed E-state index contributed by atoms with van der Waals surface area (Å²) in [6.45, 7) is 11.2. The Balaban J connectivity index is 2.73. The van der Waals surface area contributed by atoms with E-state index in [1.165, 1.54) is 12.0 Å². The Kier molecular flexibility index (Phi) is 5.84. The summed E-state index contributed by atoms with van der Waals surface area (Å²) in [6.07, 6.45) is 8.69. The molecule has 1 aliphatic rings. The lowest BCUT2D eigenvalue weighted by Gasteiger charge is -2.37. The molecule has 0 heterocycles. The average molecular weight is 264 g/mol. The van der Waals surface area contributed by atoms with Crippen LogP contribution in [0.3, 0.4) is 0 Å². The molecule has 1 rings (SSSR count). The third-order valence-corrected chi connectivity index (χ3v) is 4.06. The quantitative estimate of drug-likeness (QED) is 0.312. The SMILES string of the molecule is CCCCOC(=O)C(C)=CC1C(C)=CCCC1(C)C. The van der Waals surface area contributed by atoms with E-state index >= 15 is 0 Å². The number of carbonyl (C=O) groups excluding carboxylic acids is 1. The predicted molar refractivity (Wildman–Crippen MR) is 79.9 cm³/mol. The van der Waals surface area contributed by atoms with Crippen LogP contribution in [-0.4, -0.2) is 12.6 Å². The second kappa shape index (κ2) is 6.93. The van der Waals surface area contributed by atoms with Crippen LogP contribution in [-0.2, 0) is 9.53 Å². The zero-order chi connectivity index (χ0) is 14.5. The third-order valence-electron chi connectivity index (χ3n) is 4.06. The van der Waals surface area contributed by atoms with E-state index in [1.807, 2.05) is 6.92 Å². The van der Waals surface area contributed by atoms with Gasteiger partial charge in [-0.15, -0.1) is 0 Å². The molecule has 1 aliphatic carbocycles. The molecule has 1 atom stereocenters. The van der Waals surface area contributed by atoms with Crippen LogP contribution in [0.25, 0.3) is 0 Å². The highest BCUT2D eigenvalue weighted by Gasteiger charge is 2.31. The lowest BCUT2D eigenvalue weighted by molar-refractivity contribution is -0.139. The van der Waals surface area contributed by atoms with Gasteiger partial charge in [-0.25, -0.2) is 4.79 Å². The first-order valence-corrected chi connectivity index (χ1v) is 7.40. The van der Waals surface area contributed by atoms with Gasteiger partial charge in [-0.3, -0.25) is 0 Å². The summed E-state index contributed by atoms with van der Waals surface area (Å²) >= 11 is 0. The Bertz CT molecular complexity index is 375. The summed E-state index contributed by atoms with van der Waals surface area (Å²) in [6, 6.07) is 0. The monoisotopic (exact) mass is 264 g/mol. The molecule has 108 valence electrons.